The number of carbonyl (C=O) groups is 3. The first kappa shape index (κ1) is 14.1. The molecular formula is C11H18N4O3. The van der Waals surface area contributed by atoms with E-state index in [1.54, 1.807) is 0 Å². The highest BCUT2D eigenvalue weighted by atomic mass is 16.2. The molecule has 0 aromatic carbocycles. The summed E-state index contributed by atoms with van der Waals surface area (Å²) in [6.07, 6.45) is 0.527. The Hall–Kier alpha value is -1.92. The minimum Gasteiger partial charge on any atom is -0.350 e. The van der Waals surface area contributed by atoms with Gasteiger partial charge in [0.15, 0.2) is 0 Å². The fourth-order valence-corrected chi connectivity index (χ4v) is 1.36. The van der Waals surface area contributed by atoms with E-state index in [1.807, 2.05) is 20.8 Å². The second-order valence-electron chi connectivity index (χ2n) is 5.07. The molecule has 7 heteroatoms. The zero-order valence-electron chi connectivity index (χ0n) is 10.8. The number of rotatable bonds is 3. The predicted octanol–water partition coefficient (Wildman–Crippen LogP) is -0.717. The van der Waals surface area contributed by atoms with Gasteiger partial charge in [0.25, 0.3) is 5.91 Å². The first-order chi connectivity index (χ1) is 8.28. The molecule has 0 fully saturated rings. The minimum atomic E-state index is -0.431. The van der Waals surface area contributed by atoms with Crippen LogP contribution in [0.1, 0.15) is 33.6 Å². The van der Waals surface area contributed by atoms with Gasteiger partial charge in [-0.05, 0) is 20.8 Å². The van der Waals surface area contributed by atoms with E-state index >= 15 is 0 Å². The maximum atomic E-state index is 11.6. The number of hydrazone groups is 1. The van der Waals surface area contributed by atoms with Crippen LogP contribution in [0.2, 0.25) is 0 Å². The second kappa shape index (κ2) is 5.61. The van der Waals surface area contributed by atoms with Gasteiger partial charge in [-0.1, -0.05) is 0 Å². The monoisotopic (exact) mass is 254 g/mol. The fourth-order valence-electron chi connectivity index (χ4n) is 1.36. The maximum absolute atomic E-state index is 11.6. The Balaban J connectivity index is 2.38. The van der Waals surface area contributed by atoms with Gasteiger partial charge in [0.05, 0.1) is 6.54 Å². The molecule has 0 saturated heterocycles. The molecule has 1 heterocycles. The summed E-state index contributed by atoms with van der Waals surface area (Å²) in [6.45, 7) is 5.46. The molecule has 0 atom stereocenters. The molecule has 0 bridgehead atoms. The highest BCUT2D eigenvalue weighted by Crippen LogP contribution is 2.00. The smallest absolute Gasteiger partial charge is 0.267 e. The molecule has 0 aromatic rings. The molecule has 0 aromatic heterocycles. The number of nitrogens with one attached hydrogen (secondary N) is 3. The summed E-state index contributed by atoms with van der Waals surface area (Å²) >= 11 is 0. The first-order valence-electron chi connectivity index (χ1n) is 5.72. The Morgan fingerprint density at radius 2 is 2.00 bits per heavy atom. The summed E-state index contributed by atoms with van der Waals surface area (Å²) in [7, 11) is 0. The normalized spacial score (nSPS) is 15.5. The summed E-state index contributed by atoms with van der Waals surface area (Å²) in [5, 5.41) is 8.81. The van der Waals surface area contributed by atoms with Gasteiger partial charge in [0, 0.05) is 18.4 Å². The number of carbonyl (C=O) groups excluding carboxylic acids is 3. The third-order valence-electron chi connectivity index (χ3n) is 2.09. The van der Waals surface area contributed by atoms with Crippen molar-refractivity contribution >= 4 is 23.4 Å². The molecule has 0 spiro atoms. The van der Waals surface area contributed by atoms with Crippen LogP contribution in [-0.4, -0.2) is 35.5 Å². The summed E-state index contributed by atoms with van der Waals surface area (Å²) in [5.41, 5.74) is 2.13. The van der Waals surface area contributed by atoms with Gasteiger partial charge < -0.3 is 10.6 Å². The SMILES string of the molecule is CC(C)(C)NC(=O)CNC(=O)C1=NNC(=O)CC1. The highest BCUT2D eigenvalue weighted by Gasteiger charge is 2.19. The second-order valence-corrected chi connectivity index (χ2v) is 5.07. The molecule has 1 aliphatic rings. The van der Waals surface area contributed by atoms with Gasteiger partial charge in [0.2, 0.25) is 11.8 Å². The van der Waals surface area contributed by atoms with E-state index < -0.39 is 5.91 Å². The van der Waals surface area contributed by atoms with Crippen molar-refractivity contribution in [2.24, 2.45) is 5.10 Å². The molecule has 18 heavy (non-hydrogen) atoms. The molecule has 1 rings (SSSR count). The average molecular weight is 254 g/mol. The zero-order valence-corrected chi connectivity index (χ0v) is 10.8. The first-order valence-corrected chi connectivity index (χ1v) is 5.72. The van der Waals surface area contributed by atoms with E-state index in [1.165, 1.54) is 0 Å². The summed E-state index contributed by atoms with van der Waals surface area (Å²) in [4.78, 5) is 33.9. The number of hydrogen-bond donors (Lipinski definition) is 3. The van der Waals surface area contributed by atoms with Gasteiger partial charge in [0.1, 0.15) is 5.71 Å². The predicted molar refractivity (Wildman–Crippen MR) is 65.7 cm³/mol. The van der Waals surface area contributed by atoms with Crippen LogP contribution >= 0.6 is 0 Å². The number of nitrogens with zero attached hydrogens (tertiary/aromatic N) is 1. The van der Waals surface area contributed by atoms with Crippen LogP contribution in [-0.2, 0) is 14.4 Å². The summed E-state index contributed by atoms with van der Waals surface area (Å²) in [5.74, 6) is -0.910. The molecule has 0 saturated carbocycles. The molecule has 0 aliphatic carbocycles. The van der Waals surface area contributed by atoms with Crippen molar-refractivity contribution in [1.82, 2.24) is 16.1 Å². The number of amides is 3. The van der Waals surface area contributed by atoms with E-state index in [0.29, 0.717) is 6.42 Å². The van der Waals surface area contributed by atoms with E-state index in [4.69, 9.17) is 0 Å². The standard InChI is InChI=1S/C11H18N4O3/c1-11(2,3)13-9(17)6-12-10(18)7-4-5-8(16)15-14-7/h4-6H2,1-3H3,(H,12,18)(H,13,17)(H,15,16). The lowest BCUT2D eigenvalue weighted by atomic mass is 10.1. The van der Waals surface area contributed by atoms with Crippen LogP contribution in [0.5, 0.6) is 0 Å². The molecule has 3 amide bonds. The van der Waals surface area contributed by atoms with E-state index in [9.17, 15) is 14.4 Å². The van der Waals surface area contributed by atoms with Gasteiger partial charge >= 0.3 is 0 Å². The van der Waals surface area contributed by atoms with Crippen molar-refractivity contribution in [3.8, 4) is 0 Å². The van der Waals surface area contributed by atoms with E-state index in [-0.39, 0.29) is 36.0 Å². The maximum Gasteiger partial charge on any atom is 0.267 e. The highest BCUT2D eigenvalue weighted by molar-refractivity contribution is 6.39. The van der Waals surface area contributed by atoms with Crippen LogP contribution in [0, 0.1) is 0 Å². The topological polar surface area (TPSA) is 99.7 Å². The molecular weight excluding hydrogens is 236 g/mol. The van der Waals surface area contributed by atoms with Crippen LogP contribution in [0.4, 0.5) is 0 Å². The van der Waals surface area contributed by atoms with E-state index in [2.05, 4.69) is 21.2 Å². The van der Waals surface area contributed by atoms with Crippen LogP contribution in [0.25, 0.3) is 0 Å². The third kappa shape index (κ3) is 4.94. The lowest BCUT2D eigenvalue weighted by Gasteiger charge is -2.20. The Bertz CT molecular complexity index is 396. The quantitative estimate of drug-likeness (QED) is 0.620. The van der Waals surface area contributed by atoms with Crippen molar-refractivity contribution in [2.75, 3.05) is 6.54 Å². The Morgan fingerprint density at radius 3 is 2.50 bits per heavy atom. The van der Waals surface area contributed by atoms with Crippen molar-refractivity contribution in [1.29, 1.82) is 0 Å². The molecule has 7 nitrogen and oxygen atoms in total. The fraction of sp³-hybridized carbons (Fsp3) is 0.636. The Kier molecular flexibility index (Phi) is 4.41. The van der Waals surface area contributed by atoms with Crippen molar-refractivity contribution in [3.05, 3.63) is 0 Å². The van der Waals surface area contributed by atoms with Crippen LogP contribution in [0.15, 0.2) is 5.10 Å². The van der Waals surface area contributed by atoms with Crippen molar-refractivity contribution in [3.63, 3.8) is 0 Å². The van der Waals surface area contributed by atoms with Crippen molar-refractivity contribution in [2.45, 2.75) is 39.2 Å². The lowest BCUT2D eigenvalue weighted by Crippen LogP contribution is -2.47. The average Bonchev–Trinajstić information content (AvgIpc) is 2.24. The number of hydrogen-bond acceptors (Lipinski definition) is 4. The van der Waals surface area contributed by atoms with Gasteiger partial charge in [-0.15, -0.1) is 0 Å². The minimum absolute atomic E-state index is 0.108. The van der Waals surface area contributed by atoms with Gasteiger partial charge in [-0.2, -0.15) is 5.10 Å². The van der Waals surface area contributed by atoms with Crippen molar-refractivity contribution < 1.29 is 14.4 Å². The largest absolute Gasteiger partial charge is 0.350 e. The Labute approximate surface area is 105 Å². The third-order valence-corrected chi connectivity index (χ3v) is 2.09. The molecule has 0 radical (unpaired) electrons. The zero-order chi connectivity index (χ0) is 13.8. The van der Waals surface area contributed by atoms with Gasteiger partial charge in [-0.25, -0.2) is 5.43 Å². The van der Waals surface area contributed by atoms with Crippen LogP contribution in [0.3, 0.4) is 0 Å². The molecule has 1 aliphatic heterocycles. The van der Waals surface area contributed by atoms with Gasteiger partial charge in [-0.3, -0.25) is 14.4 Å². The molecule has 0 unspecified atom stereocenters. The van der Waals surface area contributed by atoms with Crippen LogP contribution < -0.4 is 16.1 Å². The summed E-state index contributed by atoms with van der Waals surface area (Å²) < 4.78 is 0. The molecule has 100 valence electrons. The lowest BCUT2D eigenvalue weighted by molar-refractivity contribution is -0.124. The molecule has 3 N–H and O–H groups in total. The van der Waals surface area contributed by atoms with E-state index in [0.717, 1.165) is 0 Å². The Morgan fingerprint density at radius 1 is 1.33 bits per heavy atom. The summed E-state index contributed by atoms with van der Waals surface area (Å²) in [6, 6.07) is 0.